The molecule has 0 fully saturated rings. The van der Waals surface area contributed by atoms with Gasteiger partial charge < -0.3 is 19.7 Å². The monoisotopic (exact) mass is 356 g/mol. The lowest BCUT2D eigenvalue weighted by atomic mass is 9.86. The van der Waals surface area contributed by atoms with Gasteiger partial charge in [-0.05, 0) is 36.2 Å². The molecule has 0 unspecified atom stereocenters. The first kappa shape index (κ1) is 17.8. The van der Waals surface area contributed by atoms with Crippen molar-refractivity contribution in [3.05, 3.63) is 40.1 Å². The van der Waals surface area contributed by atoms with Gasteiger partial charge in [0.15, 0.2) is 17.1 Å². The van der Waals surface area contributed by atoms with Crippen LogP contribution in [0.1, 0.15) is 32.8 Å². The maximum atomic E-state index is 12.3. The first-order valence-electron chi connectivity index (χ1n) is 8.27. The molecule has 0 amide bonds. The Morgan fingerprint density at radius 3 is 2.38 bits per heavy atom. The maximum absolute atomic E-state index is 12.3. The Morgan fingerprint density at radius 2 is 1.73 bits per heavy atom. The SMILES string of the molecule is CC(C)(C)C(=O)CCc1c2ccc(=O)c(O)c-2oc2c(O)c(O)ccc12. The minimum atomic E-state index is -0.614. The van der Waals surface area contributed by atoms with Crippen LogP contribution in [0.2, 0.25) is 0 Å². The molecule has 0 aromatic heterocycles. The Balaban J connectivity index is 2.27. The van der Waals surface area contributed by atoms with Gasteiger partial charge in [0, 0.05) is 22.8 Å². The number of aromatic hydroxyl groups is 3. The van der Waals surface area contributed by atoms with E-state index in [-0.39, 0.29) is 29.3 Å². The minimum absolute atomic E-state index is 0.0448. The molecule has 1 aromatic rings. The standard InChI is InChI=1S/C20H20O6/c1-20(2,3)15(23)9-6-10-11-4-7-13(21)16(24)18(11)26-19-12(10)5-8-14(22)17(19)25/h4-5,7-8,21,24-25H,6,9H2,1-3H3. The summed E-state index contributed by atoms with van der Waals surface area (Å²) in [6.45, 7) is 5.52. The lowest BCUT2D eigenvalue weighted by Crippen LogP contribution is -2.20. The second kappa shape index (κ2) is 6.05. The summed E-state index contributed by atoms with van der Waals surface area (Å²) in [6, 6.07) is 5.66. The molecule has 1 aliphatic heterocycles. The van der Waals surface area contributed by atoms with Crippen LogP contribution >= 0.6 is 0 Å². The fourth-order valence-electron chi connectivity index (χ4n) is 2.93. The van der Waals surface area contributed by atoms with Gasteiger partial charge in [-0.1, -0.05) is 20.8 Å². The number of hydrogen-bond acceptors (Lipinski definition) is 6. The molecule has 0 saturated heterocycles. The van der Waals surface area contributed by atoms with E-state index in [1.165, 1.54) is 18.2 Å². The van der Waals surface area contributed by atoms with Gasteiger partial charge in [0.1, 0.15) is 5.78 Å². The molecule has 136 valence electrons. The van der Waals surface area contributed by atoms with E-state index in [1.54, 1.807) is 6.07 Å². The Morgan fingerprint density at radius 1 is 1.04 bits per heavy atom. The summed E-state index contributed by atoms with van der Waals surface area (Å²) in [5.74, 6) is -1.45. The summed E-state index contributed by atoms with van der Waals surface area (Å²) in [7, 11) is 0. The van der Waals surface area contributed by atoms with Gasteiger partial charge in [-0.2, -0.15) is 0 Å². The summed E-state index contributed by atoms with van der Waals surface area (Å²) in [5, 5.41) is 30.5. The van der Waals surface area contributed by atoms with Crippen molar-refractivity contribution in [1.29, 1.82) is 0 Å². The van der Waals surface area contributed by atoms with E-state index in [1.807, 2.05) is 20.8 Å². The van der Waals surface area contributed by atoms with E-state index in [2.05, 4.69) is 0 Å². The number of fused-ring (bicyclic) bond motifs is 2. The average molecular weight is 356 g/mol. The number of carbonyl (C=O) groups excluding carboxylic acids is 1. The van der Waals surface area contributed by atoms with E-state index in [4.69, 9.17) is 4.42 Å². The smallest absolute Gasteiger partial charge is 0.224 e. The third-order valence-corrected chi connectivity index (χ3v) is 4.50. The fraction of sp³-hybridized carbons (Fsp3) is 0.300. The number of rotatable bonds is 3. The molecule has 0 saturated carbocycles. The van der Waals surface area contributed by atoms with Crippen molar-refractivity contribution in [2.75, 3.05) is 0 Å². The third kappa shape index (κ3) is 2.87. The molecule has 0 bridgehead atoms. The molecule has 2 aliphatic rings. The minimum Gasteiger partial charge on any atom is -0.504 e. The van der Waals surface area contributed by atoms with Gasteiger partial charge in [-0.3, -0.25) is 9.59 Å². The molecule has 26 heavy (non-hydrogen) atoms. The van der Waals surface area contributed by atoms with Crippen molar-refractivity contribution in [2.24, 2.45) is 5.41 Å². The molecule has 0 spiro atoms. The van der Waals surface area contributed by atoms with Crippen molar-refractivity contribution >= 4 is 16.8 Å². The number of ketones is 1. The Bertz CT molecular complexity index is 1040. The van der Waals surface area contributed by atoms with Crippen molar-refractivity contribution in [2.45, 2.75) is 33.6 Å². The highest BCUT2D eigenvalue weighted by Gasteiger charge is 2.25. The van der Waals surface area contributed by atoms with Gasteiger partial charge in [-0.25, -0.2) is 0 Å². The number of carbonyl (C=O) groups is 1. The van der Waals surface area contributed by atoms with Gasteiger partial charge in [0.2, 0.25) is 16.9 Å². The third-order valence-electron chi connectivity index (χ3n) is 4.50. The molecular formula is C20H20O6. The number of benzene rings is 2. The predicted molar refractivity (Wildman–Crippen MR) is 96.9 cm³/mol. The summed E-state index contributed by atoms with van der Waals surface area (Å²) >= 11 is 0. The van der Waals surface area contributed by atoms with E-state index in [9.17, 15) is 24.9 Å². The van der Waals surface area contributed by atoms with E-state index < -0.39 is 22.3 Å². The Hall–Kier alpha value is -3.02. The van der Waals surface area contributed by atoms with Crippen LogP contribution in [0, 0.1) is 5.41 Å². The number of phenols is 3. The molecule has 6 heteroatoms. The highest BCUT2D eigenvalue weighted by Crippen LogP contribution is 2.43. The zero-order valence-electron chi connectivity index (χ0n) is 14.8. The summed E-state index contributed by atoms with van der Waals surface area (Å²) < 4.78 is 5.54. The lowest BCUT2D eigenvalue weighted by Gasteiger charge is -2.19. The molecule has 1 heterocycles. The zero-order chi connectivity index (χ0) is 19.2. The number of phenolic OH excluding ortho intramolecular Hbond substituents is 3. The summed E-state index contributed by atoms with van der Waals surface area (Å²) in [4.78, 5) is 24.1. The second-order valence-corrected chi connectivity index (χ2v) is 7.35. The van der Waals surface area contributed by atoms with Gasteiger partial charge in [0.05, 0.1) is 0 Å². The van der Waals surface area contributed by atoms with Crippen molar-refractivity contribution in [1.82, 2.24) is 0 Å². The normalized spacial score (nSPS) is 12.0. The zero-order valence-corrected chi connectivity index (χ0v) is 14.8. The number of Topliss-reactive ketones (excluding diaryl/α,β-unsaturated/α-hetero) is 1. The first-order chi connectivity index (χ1) is 12.1. The van der Waals surface area contributed by atoms with Crippen LogP contribution in [0.3, 0.4) is 0 Å². The van der Waals surface area contributed by atoms with Crippen LogP contribution in [-0.2, 0) is 11.2 Å². The van der Waals surface area contributed by atoms with Crippen molar-refractivity contribution in [3.8, 4) is 28.6 Å². The van der Waals surface area contributed by atoms with Gasteiger partial charge in [0.25, 0.3) is 0 Å². The fourth-order valence-corrected chi connectivity index (χ4v) is 2.93. The molecule has 0 atom stereocenters. The highest BCUT2D eigenvalue weighted by molar-refractivity contribution is 5.94. The van der Waals surface area contributed by atoms with Crippen LogP contribution in [0.15, 0.2) is 33.5 Å². The van der Waals surface area contributed by atoms with Crippen LogP contribution in [0.25, 0.3) is 22.3 Å². The highest BCUT2D eigenvalue weighted by atomic mass is 16.4. The molecule has 6 nitrogen and oxygen atoms in total. The van der Waals surface area contributed by atoms with Crippen molar-refractivity contribution < 1.29 is 24.5 Å². The lowest BCUT2D eigenvalue weighted by molar-refractivity contribution is -0.126. The largest absolute Gasteiger partial charge is 0.504 e. The van der Waals surface area contributed by atoms with Crippen LogP contribution in [0.5, 0.6) is 17.2 Å². The van der Waals surface area contributed by atoms with E-state index in [0.717, 1.165) is 0 Å². The quantitative estimate of drug-likeness (QED) is 0.489. The number of hydrogen-bond donors (Lipinski definition) is 3. The number of aryl methyl sites for hydroxylation is 1. The first-order valence-corrected chi connectivity index (χ1v) is 8.27. The second-order valence-electron chi connectivity index (χ2n) is 7.35. The summed E-state index contributed by atoms with van der Waals surface area (Å²) in [5.41, 5.74) is -0.00501. The van der Waals surface area contributed by atoms with Gasteiger partial charge >= 0.3 is 0 Å². The van der Waals surface area contributed by atoms with Crippen molar-refractivity contribution in [3.63, 3.8) is 0 Å². The molecule has 3 N–H and O–H groups in total. The molecule has 1 aliphatic carbocycles. The van der Waals surface area contributed by atoms with E-state index >= 15 is 0 Å². The van der Waals surface area contributed by atoms with Crippen LogP contribution < -0.4 is 5.43 Å². The Labute approximate surface area is 149 Å². The Kier molecular flexibility index (Phi) is 4.14. The average Bonchev–Trinajstić information content (AvgIpc) is 2.58. The van der Waals surface area contributed by atoms with Gasteiger partial charge in [-0.15, -0.1) is 0 Å². The predicted octanol–water partition coefficient (Wildman–Crippen LogP) is 3.56. The molecule has 3 rings (SSSR count). The van der Waals surface area contributed by atoms with Crippen LogP contribution in [-0.4, -0.2) is 21.1 Å². The van der Waals surface area contributed by atoms with E-state index in [0.29, 0.717) is 22.9 Å². The molecular weight excluding hydrogens is 336 g/mol. The summed E-state index contributed by atoms with van der Waals surface area (Å²) in [6.07, 6.45) is 0.584. The molecule has 0 radical (unpaired) electrons. The van der Waals surface area contributed by atoms with Crippen LogP contribution in [0.4, 0.5) is 0 Å². The molecule has 1 aromatic carbocycles. The maximum Gasteiger partial charge on any atom is 0.224 e. The topological polar surface area (TPSA) is 108 Å².